The third kappa shape index (κ3) is 2.60. The van der Waals surface area contributed by atoms with E-state index in [-0.39, 0.29) is 0 Å². The molecule has 0 radical (unpaired) electrons. The summed E-state index contributed by atoms with van der Waals surface area (Å²) in [4.78, 5) is 25.7. The average molecular weight is 338 g/mol. The van der Waals surface area contributed by atoms with Gasteiger partial charge < -0.3 is 14.4 Å². The van der Waals surface area contributed by atoms with Gasteiger partial charge in [-0.3, -0.25) is 4.79 Å². The van der Waals surface area contributed by atoms with Gasteiger partial charge in [-0.25, -0.2) is 4.79 Å². The van der Waals surface area contributed by atoms with Crippen molar-refractivity contribution >= 4 is 35.2 Å². The SMILES string of the molecule is O=C(O)[C@@H]1CS[C@@H](c2ccoc2)N1C(=O)c1ccccc1Cl. The van der Waals surface area contributed by atoms with Crippen molar-refractivity contribution in [2.45, 2.75) is 11.4 Å². The fourth-order valence-corrected chi connectivity index (χ4v) is 4.00. The molecule has 1 aromatic heterocycles. The van der Waals surface area contributed by atoms with E-state index in [0.29, 0.717) is 16.3 Å². The molecule has 1 aliphatic heterocycles. The summed E-state index contributed by atoms with van der Waals surface area (Å²) in [6, 6.07) is 7.47. The summed E-state index contributed by atoms with van der Waals surface area (Å²) in [6.45, 7) is 0. The van der Waals surface area contributed by atoms with Crippen LogP contribution in [-0.4, -0.2) is 33.7 Å². The zero-order valence-electron chi connectivity index (χ0n) is 11.3. The fourth-order valence-electron chi connectivity index (χ4n) is 2.39. The molecule has 0 saturated carbocycles. The lowest BCUT2D eigenvalue weighted by Gasteiger charge is -2.27. The molecule has 7 heteroatoms. The van der Waals surface area contributed by atoms with E-state index >= 15 is 0 Å². The van der Waals surface area contributed by atoms with Crippen LogP contribution in [0.15, 0.2) is 47.3 Å². The van der Waals surface area contributed by atoms with Gasteiger partial charge >= 0.3 is 5.97 Å². The lowest BCUT2D eigenvalue weighted by atomic mass is 10.1. The number of furan rings is 1. The highest BCUT2D eigenvalue weighted by Gasteiger charge is 2.43. The maximum Gasteiger partial charge on any atom is 0.327 e. The van der Waals surface area contributed by atoms with E-state index in [1.165, 1.54) is 29.2 Å². The summed E-state index contributed by atoms with van der Waals surface area (Å²) in [5, 5.41) is 9.31. The van der Waals surface area contributed by atoms with Gasteiger partial charge in [0.05, 0.1) is 23.1 Å². The Bertz CT molecular complexity index is 703. The average Bonchev–Trinajstić information content (AvgIpc) is 3.15. The normalized spacial score (nSPS) is 21.0. The van der Waals surface area contributed by atoms with Gasteiger partial charge in [0, 0.05) is 11.3 Å². The van der Waals surface area contributed by atoms with Crippen molar-refractivity contribution in [2.24, 2.45) is 0 Å². The first-order valence-corrected chi connectivity index (χ1v) is 7.96. The Kier molecular flexibility index (Phi) is 4.13. The van der Waals surface area contributed by atoms with E-state index in [9.17, 15) is 14.7 Å². The van der Waals surface area contributed by atoms with Crippen LogP contribution < -0.4 is 0 Å². The number of carbonyl (C=O) groups excluding carboxylic acids is 1. The topological polar surface area (TPSA) is 70.8 Å². The van der Waals surface area contributed by atoms with Crippen molar-refractivity contribution in [1.82, 2.24) is 4.90 Å². The van der Waals surface area contributed by atoms with Crippen LogP contribution in [0, 0.1) is 0 Å². The molecule has 0 bridgehead atoms. The van der Waals surface area contributed by atoms with Crippen molar-refractivity contribution in [2.75, 3.05) is 5.75 Å². The Morgan fingerprint density at radius 3 is 2.73 bits per heavy atom. The van der Waals surface area contributed by atoms with E-state index in [1.807, 2.05) is 0 Å². The minimum absolute atomic E-state index is 0.298. The van der Waals surface area contributed by atoms with Gasteiger partial charge in [-0.1, -0.05) is 23.7 Å². The van der Waals surface area contributed by atoms with Crippen LogP contribution in [-0.2, 0) is 4.79 Å². The van der Waals surface area contributed by atoms with Crippen LogP contribution in [0.4, 0.5) is 0 Å². The number of benzene rings is 1. The molecule has 2 atom stereocenters. The number of hydrogen-bond acceptors (Lipinski definition) is 4. The number of carbonyl (C=O) groups is 2. The van der Waals surface area contributed by atoms with Crippen molar-refractivity contribution in [1.29, 1.82) is 0 Å². The molecule has 1 saturated heterocycles. The maximum atomic E-state index is 12.8. The summed E-state index contributed by atoms with van der Waals surface area (Å²) in [5.41, 5.74) is 1.06. The van der Waals surface area contributed by atoms with Gasteiger partial charge in [0.25, 0.3) is 5.91 Å². The lowest BCUT2D eigenvalue weighted by Crippen LogP contribution is -2.43. The number of rotatable bonds is 3. The Morgan fingerprint density at radius 1 is 1.32 bits per heavy atom. The minimum Gasteiger partial charge on any atom is -0.480 e. The van der Waals surface area contributed by atoms with E-state index < -0.39 is 23.3 Å². The molecule has 22 heavy (non-hydrogen) atoms. The van der Waals surface area contributed by atoms with Gasteiger partial charge in [0.15, 0.2) is 0 Å². The second kappa shape index (κ2) is 6.06. The third-order valence-electron chi connectivity index (χ3n) is 3.45. The van der Waals surface area contributed by atoms with E-state index in [2.05, 4.69) is 0 Å². The summed E-state index contributed by atoms with van der Waals surface area (Å²) in [6.07, 6.45) is 3.02. The van der Waals surface area contributed by atoms with Gasteiger partial charge in [-0.2, -0.15) is 0 Å². The van der Waals surface area contributed by atoms with E-state index in [4.69, 9.17) is 16.0 Å². The van der Waals surface area contributed by atoms with Gasteiger partial charge in [-0.05, 0) is 18.2 Å². The number of halogens is 1. The molecule has 5 nitrogen and oxygen atoms in total. The molecule has 1 fully saturated rings. The number of amides is 1. The largest absolute Gasteiger partial charge is 0.480 e. The molecule has 1 aromatic carbocycles. The van der Waals surface area contributed by atoms with Gasteiger partial charge in [0.2, 0.25) is 0 Å². The summed E-state index contributed by atoms with van der Waals surface area (Å²) in [5.74, 6) is -1.10. The molecule has 3 rings (SSSR count). The van der Waals surface area contributed by atoms with Crippen molar-refractivity contribution < 1.29 is 19.1 Å². The van der Waals surface area contributed by atoms with Crippen LogP contribution in [0.3, 0.4) is 0 Å². The molecule has 114 valence electrons. The molecule has 1 aliphatic rings. The van der Waals surface area contributed by atoms with Crippen LogP contribution >= 0.6 is 23.4 Å². The van der Waals surface area contributed by atoms with E-state index in [1.54, 1.807) is 30.3 Å². The number of aliphatic carboxylic acids is 1. The van der Waals surface area contributed by atoms with Gasteiger partial charge in [0.1, 0.15) is 11.4 Å². The number of carboxylic acids is 1. The van der Waals surface area contributed by atoms with Gasteiger partial charge in [-0.15, -0.1) is 11.8 Å². The molecule has 1 amide bonds. The molecule has 0 aliphatic carbocycles. The molecule has 0 unspecified atom stereocenters. The van der Waals surface area contributed by atoms with Crippen molar-refractivity contribution in [3.63, 3.8) is 0 Å². The van der Waals surface area contributed by atoms with Crippen LogP contribution in [0.5, 0.6) is 0 Å². The van der Waals surface area contributed by atoms with Crippen molar-refractivity contribution in [3.8, 4) is 0 Å². The summed E-state index contributed by atoms with van der Waals surface area (Å²) >= 11 is 7.47. The monoisotopic (exact) mass is 337 g/mol. The molecule has 2 aromatic rings. The Balaban J connectivity index is 2.00. The zero-order chi connectivity index (χ0) is 15.7. The second-order valence-electron chi connectivity index (χ2n) is 4.79. The number of nitrogens with zero attached hydrogens (tertiary/aromatic N) is 1. The van der Waals surface area contributed by atoms with Crippen LogP contribution in [0.1, 0.15) is 21.3 Å². The predicted molar refractivity (Wildman–Crippen MR) is 83.0 cm³/mol. The third-order valence-corrected chi connectivity index (χ3v) is 5.11. The van der Waals surface area contributed by atoms with E-state index in [0.717, 1.165) is 5.56 Å². The Morgan fingerprint density at radius 2 is 2.09 bits per heavy atom. The highest BCUT2D eigenvalue weighted by molar-refractivity contribution is 7.99. The minimum atomic E-state index is -1.03. The Hall–Kier alpha value is -1.92. The second-order valence-corrected chi connectivity index (χ2v) is 6.31. The molecule has 1 N–H and O–H groups in total. The molecule has 0 spiro atoms. The quantitative estimate of drug-likeness (QED) is 0.930. The van der Waals surface area contributed by atoms with Crippen LogP contribution in [0.2, 0.25) is 5.02 Å². The summed E-state index contributed by atoms with van der Waals surface area (Å²) < 4.78 is 5.06. The lowest BCUT2D eigenvalue weighted by molar-refractivity contribution is -0.141. The fraction of sp³-hybridized carbons (Fsp3) is 0.200. The highest BCUT2D eigenvalue weighted by Crippen LogP contribution is 2.42. The first-order valence-electron chi connectivity index (χ1n) is 6.53. The van der Waals surface area contributed by atoms with Crippen LogP contribution in [0.25, 0.3) is 0 Å². The Labute approximate surface area is 135 Å². The molecule has 2 heterocycles. The smallest absolute Gasteiger partial charge is 0.327 e. The molecular formula is C15H12ClNO4S. The zero-order valence-corrected chi connectivity index (χ0v) is 12.9. The number of hydrogen-bond donors (Lipinski definition) is 1. The standard InChI is InChI=1S/C15H12ClNO4S/c16-11-4-2-1-3-10(11)13(18)17-12(15(19)20)8-22-14(17)9-5-6-21-7-9/h1-7,12,14H,8H2,(H,19,20)/t12-,14-/m0/s1. The number of carboxylic acid groups (broad SMARTS) is 1. The number of thioether (sulfide) groups is 1. The first kappa shape index (κ1) is 15.0. The first-order chi connectivity index (χ1) is 10.6. The molecular weight excluding hydrogens is 326 g/mol. The highest BCUT2D eigenvalue weighted by atomic mass is 35.5. The maximum absolute atomic E-state index is 12.8. The summed E-state index contributed by atoms with van der Waals surface area (Å²) in [7, 11) is 0. The predicted octanol–water partition coefficient (Wildman–Crippen LogP) is 3.27. The van der Waals surface area contributed by atoms with Crippen molar-refractivity contribution in [3.05, 3.63) is 59.0 Å².